The van der Waals surface area contributed by atoms with E-state index in [1.165, 1.54) is 11.1 Å². The van der Waals surface area contributed by atoms with E-state index in [0.29, 0.717) is 25.5 Å². The average Bonchev–Trinajstić information content (AvgIpc) is 2.89. The van der Waals surface area contributed by atoms with E-state index in [1.54, 1.807) is 0 Å². The van der Waals surface area contributed by atoms with Crippen LogP contribution in [-0.4, -0.2) is 12.2 Å². The molecule has 0 atom stereocenters. The van der Waals surface area contributed by atoms with E-state index in [0.717, 1.165) is 28.1 Å². The van der Waals surface area contributed by atoms with Crippen LogP contribution in [0.4, 0.5) is 5.69 Å². The van der Waals surface area contributed by atoms with Crippen molar-refractivity contribution in [2.45, 2.75) is 46.7 Å². The van der Waals surface area contributed by atoms with E-state index >= 15 is 0 Å². The van der Waals surface area contributed by atoms with E-state index in [9.17, 15) is 0 Å². The predicted octanol–water partition coefficient (Wildman–Crippen LogP) is 7.87. The second-order valence-electron chi connectivity index (χ2n) is 8.92. The SMILES string of the molecule is Cc1cccc(OC(CC(OCc2ccccc2)OCc2ccccc2)=Nc2ccc(C)c(C)c2)c1. The quantitative estimate of drug-likeness (QED) is 0.132. The van der Waals surface area contributed by atoms with Crippen LogP contribution >= 0.6 is 0 Å². The number of hydrogen-bond acceptors (Lipinski definition) is 4. The lowest BCUT2D eigenvalue weighted by Gasteiger charge is -2.20. The predicted molar refractivity (Wildman–Crippen MR) is 146 cm³/mol. The van der Waals surface area contributed by atoms with Crippen molar-refractivity contribution < 1.29 is 14.2 Å². The van der Waals surface area contributed by atoms with Gasteiger partial charge in [-0.2, -0.15) is 0 Å². The maximum atomic E-state index is 6.29. The fraction of sp³-hybridized carbons (Fsp3) is 0.219. The first kappa shape index (κ1) is 25.4. The fourth-order valence-corrected chi connectivity index (χ4v) is 3.70. The van der Waals surface area contributed by atoms with Gasteiger partial charge in [-0.25, -0.2) is 4.99 Å². The summed E-state index contributed by atoms with van der Waals surface area (Å²) >= 11 is 0. The third-order valence-corrected chi connectivity index (χ3v) is 5.87. The molecule has 0 N–H and O–H groups in total. The summed E-state index contributed by atoms with van der Waals surface area (Å²) in [7, 11) is 0. The van der Waals surface area contributed by atoms with Crippen molar-refractivity contribution in [3.8, 4) is 5.75 Å². The van der Waals surface area contributed by atoms with Crippen LogP contribution in [0.25, 0.3) is 0 Å². The lowest BCUT2D eigenvalue weighted by Crippen LogP contribution is -2.24. The second-order valence-corrected chi connectivity index (χ2v) is 8.92. The summed E-state index contributed by atoms with van der Waals surface area (Å²) in [6.45, 7) is 7.09. The lowest BCUT2D eigenvalue weighted by atomic mass is 10.1. The highest BCUT2D eigenvalue weighted by atomic mass is 16.7. The molecule has 0 saturated heterocycles. The summed E-state index contributed by atoms with van der Waals surface area (Å²) in [5.74, 6) is 1.28. The van der Waals surface area contributed by atoms with Gasteiger partial charge in [-0.05, 0) is 72.9 Å². The molecule has 36 heavy (non-hydrogen) atoms. The molecule has 0 radical (unpaired) electrons. The molecule has 0 fully saturated rings. The summed E-state index contributed by atoms with van der Waals surface area (Å²) in [5, 5.41) is 0. The largest absolute Gasteiger partial charge is 0.443 e. The average molecular weight is 480 g/mol. The summed E-state index contributed by atoms with van der Waals surface area (Å²) in [6, 6.07) is 34.3. The van der Waals surface area contributed by atoms with Gasteiger partial charge in [0.25, 0.3) is 0 Å². The van der Waals surface area contributed by atoms with Crippen molar-refractivity contribution in [2.24, 2.45) is 4.99 Å². The molecule has 0 aliphatic carbocycles. The van der Waals surface area contributed by atoms with Crippen LogP contribution in [0.5, 0.6) is 5.75 Å². The van der Waals surface area contributed by atoms with Gasteiger partial charge in [0.15, 0.2) is 12.2 Å². The number of aryl methyl sites for hydroxylation is 3. The molecule has 4 aromatic carbocycles. The molecule has 4 heteroatoms. The van der Waals surface area contributed by atoms with E-state index in [2.05, 4.69) is 26.0 Å². The molecule has 0 amide bonds. The molecule has 0 aromatic heterocycles. The van der Waals surface area contributed by atoms with E-state index in [4.69, 9.17) is 19.2 Å². The number of benzene rings is 4. The van der Waals surface area contributed by atoms with E-state index < -0.39 is 6.29 Å². The summed E-state index contributed by atoms with van der Waals surface area (Å²) in [4.78, 5) is 4.87. The van der Waals surface area contributed by atoms with Crippen LogP contribution in [0.3, 0.4) is 0 Å². The van der Waals surface area contributed by atoms with Gasteiger partial charge >= 0.3 is 0 Å². The molecule has 0 aliphatic rings. The number of nitrogens with zero attached hydrogens (tertiary/aromatic N) is 1. The highest BCUT2D eigenvalue weighted by Crippen LogP contribution is 2.22. The zero-order valence-electron chi connectivity index (χ0n) is 21.2. The van der Waals surface area contributed by atoms with Gasteiger partial charge in [0.05, 0.1) is 25.3 Å². The molecule has 4 nitrogen and oxygen atoms in total. The van der Waals surface area contributed by atoms with E-state index in [1.807, 2.05) is 97.9 Å². The van der Waals surface area contributed by atoms with Crippen molar-refractivity contribution >= 4 is 11.6 Å². The van der Waals surface area contributed by atoms with Crippen molar-refractivity contribution in [1.29, 1.82) is 0 Å². The molecule has 4 aromatic rings. The van der Waals surface area contributed by atoms with Gasteiger partial charge in [0, 0.05) is 0 Å². The number of ether oxygens (including phenoxy) is 3. The molecule has 4 rings (SSSR count). The Bertz CT molecular complexity index is 1230. The Hall–Kier alpha value is -3.73. The minimum Gasteiger partial charge on any atom is -0.443 e. The number of hydrogen-bond donors (Lipinski definition) is 0. The highest BCUT2D eigenvalue weighted by molar-refractivity contribution is 5.82. The molecule has 0 spiro atoms. The zero-order chi connectivity index (χ0) is 25.2. The van der Waals surface area contributed by atoms with Crippen LogP contribution in [-0.2, 0) is 22.7 Å². The first-order chi connectivity index (χ1) is 17.5. The second kappa shape index (κ2) is 12.8. The third kappa shape index (κ3) is 7.91. The van der Waals surface area contributed by atoms with Crippen molar-refractivity contribution in [2.75, 3.05) is 0 Å². The Morgan fingerprint density at radius 2 is 1.31 bits per heavy atom. The summed E-state index contributed by atoms with van der Waals surface area (Å²) in [5.41, 5.74) is 6.53. The van der Waals surface area contributed by atoms with Crippen LogP contribution in [0.1, 0.15) is 34.2 Å². The topological polar surface area (TPSA) is 40.0 Å². The Morgan fingerprint density at radius 1 is 0.667 bits per heavy atom. The van der Waals surface area contributed by atoms with Gasteiger partial charge < -0.3 is 14.2 Å². The lowest BCUT2D eigenvalue weighted by molar-refractivity contribution is -0.152. The van der Waals surface area contributed by atoms with Gasteiger partial charge in [0.1, 0.15) is 5.75 Å². The first-order valence-corrected chi connectivity index (χ1v) is 12.3. The minimum absolute atomic E-state index is 0.362. The first-order valence-electron chi connectivity index (χ1n) is 12.3. The van der Waals surface area contributed by atoms with Crippen molar-refractivity contribution in [3.05, 3.63) is 131 Å². The molecular weight excluding hydrogens is 446 g/mol. The van der Waals surface area contributed by atoms with Gasteiger partial charge in [0.2, 0.25) is 0 Å². The Kier molecular flexibility index (Phi) is 9.03. The van der Waals surface area contributed by atoms with Crippen LogP contribution in [0.2, 0.25) is 0 Å². The molecule has 0 bridgehead atoms. The van der Waals surface area contributed by atoms with Crippen LogP contribution < -0.4 is 4.74 Å². The molecule has 0 saturated carbocycles. The monoisotopic (exact) mass is 479 g/mol. The molecule has 0 unspecified atom stereocenters. The highest BCUT2D eigenvalue weighted by Gasteiger charge is 2.17. The molecular formula is C32H33NO3. The van der Waals surface area contributed by atoms with Gasteiger partial charge in [-0.15, -0.1) is 0 Å². The van der Waals surface area contributed by atoms with Crippen molar-refractivity contribution in [1.82, 2.24) is 0 Å². The number of aliphatic imine (C=N–C) groups is 1. The minimum atomic E-state index is -0.541. The summed E-state index contributed by atoms with van der Waals surface area (Å²) in [6.07, 6.45) is -0.180. The van der Waals surface area contributed by atoms with Crippen LogP contribution in [0.15, 0.2) is 108 Å². The normalized spacial score (nSPS) is 11.6. The van der Waals surface area contributed by atoms with Gasteiger partial charge in [-0.1, -0.05) is 78.9 Å². The maximum absolute atomic E-state index is 6.29. The standard InChI is InChI=1S/C32H33NO3/c1-24-11-10-16-30(19-24)36-31(33-29-18-17-25(2)26(3)20-29)21-32(34-22-27-12-6-4-7-13-27)35-23-28-14-8-5-9-15-28/h4-20,32H,21-23H2,1-3H3. The third-order valence-electron chi connectivity index (χ3n) is 5.87. The maximum Gasteiger partial charge on any atom is 0.200 e. The molecule has 0 aliphatic heterocycles. The van der Waals surface area contributed by atoms with Crippen LogP contribution in [0, 0.1) is 20.8 Å². The zero-order valence-corrected chi connectivity index (χ0v) is 21.2. The Morgan fingerprint density at radius 3 is 1.89 bits per heavy atom. The number of rotatable bonds is 10. The molecule has 0 heterocycles. The van der Waals surface area contributed by atoms with Crippen molar-refractivity contribution in [3.63, 3.8) is 0 Å². The van der Waals surface area contributed by atoms with E-state index in [-0.39, 0.29) is 0 Å². The summed E-state index contributed by atoms with van der Waals surface area (Å²) < 4.78 is 18.8. The molecule has 184 valence electrons. The Labute approximate surface area is 214 Å². The smallest absolute Gasteiger partial charge is 0.200 e. The van der Waals surface area contributed by atoms with Gasteiger partial charge in [-0.3, -0.25) is 0 Å². The fourth-order valence-electron chi connectivity index (χ4n) is 3.70. The Balaban J connectivity index is 1.58.